The molecule has 1 aromatic carbocycles. The molecule has 0 saturated carbocycles. The third-order valence-electron chi connectivity index (χ3n) is 4.78. The average Bonchev–Trinajstić information content (AvgIpc) is 2.87. The van der Waals surface area contributed by atoms with Crippen LogP contribution in [0.15, 0.2) is 24.3 Å². The summed E-state index contributed by atoms with van der Waals surface area (Å²) in [6, 6.07) is 4.94. The van der Waals surface area contributed by atoms with Gasteiger partial charge in [-0.2, -0.15) is 0 Å². The fourth-order valence-corrected chi connectivity index (χ4v) is 3.31. The molecule has 0 bridgehead atoms. The Morgan fingerprint density at radius 1 is 1.28 bits per heavy atom. The SMILES string of the molecule is CC1(c2cccc(C(=O)N3CCCCC3C(=O)O)c2)NC(=O)NC1=O. The summed E-state index contributed by atoms with van der Waals surface area (Å²) >= 11 is 0. The minimum Gasteiger partial charge on any atom is -0.480 e. The van der Waals surface area contributed by atoms with Gasteiger partial charge in [-0.05, 0) is 43.9 Å². The van der Waals surface area contributed by atoms with Crippen molar-refractivity contribution in [3.8, 4) is 0 Å². The highest BCUT2D eigenvalue weighted by Crippen LogP contribution is 2.26. The number of hydrogen-bond donors (Lipinski definition) is 3. The van der Waals surface area contributed by atoms with E-state index in [-0.39, 0.29) is 5.91 Å². The lowest BCUT2D eigenvalue weighted by atomic mass is 9.90. The molecule has 2 fully saturated rings. The zero-order chi connectivity index (χ0) is 18.2. The van der Waals surface area contributed by atoms with E-state index in [0.717, 1.165) is 12.8 Å². The number of rotatable bonds is 3. The van der Waals surface area contributed by atoms with Crippen molar-refractivity contribution in [3.05, 3.63) is 35.4 Å². The molecule has 3 rings (SSSR count). The first-order valence-electron chi connectivity index (χ1n) is 8.11. The first-order chi connectivity index (χ1) is 11.8. The number of nitrogens with one attached hydrogen (secondary N) is 2. The number of amides is 4. The van der Waals surface area contributed by atoms with Crippen molar-refractivity contribution >= 4 is 23.8 Å². The van der Waals surface area contributed by atoms with Gasteiger partial charge in [-0.1, -0.05) is 12.1 Å². The largest absolute Gasteiger partial charge is 0.480 e. The van der Waals surface area contributed by atoms with Crippen molar-refractivity contribution in [3.63, 3.8) is 0 Å². The van der Waals surface area contributed by atoms with Crippen molar-refractivity contribution in [1.82, 2.24) is 15.5 Å². The van der Waals surface area contributed by atoms with Crippen LogP contribution in [0.2, 0.25) is 0 Å². The second-order valence-electron chi connectivity index (χ2n) is 6.46. The fraction of sp³-hybridized carbons (Fsp3) is 0.412. The molecule has 4 amide bonds. The molecule has 0 radical (unpaired) electrons. The van der Waals surface area contributed by atoms with Crippen molar-refractivity contribution in [2.45, 2.75) is 37.8 Å². The zero-order valence-electron chi connectivity index (χ0n) is 13.7. The first kappa shape index (κ1) is 16.9. The molecule has 0 spiro atoms. The molecule has 2 saturated heterocycles. The highest BCUT2D eigenvalue weighted by atomic mass is 16.4. The molecule has 2 unspecified atom stereocenters. The van der Waals surface area contributed by atoms with E-state index in [2.05, 4.69) is 10.6 Å². The number of imide groups is 1. The summed E-state index contributed by atoms with van der Waals surface area (Å²) in [6.07, 6.45) is 1.95. The Labute approximate surface area is 144 Å². The number of piperidine rings is 1. The van der Waals surface area contributed by atoms with E-state index in [1.807, 2.05) is 0 Å². The Morgan fingerprint density at radius 2 is 2.04 bits per heavy atom. The van der Waals surface area contributed by atoms with Gasteiger partial charge >= 0.3 is 12.0 Å². The summed E-state index contributed by atoms with van der Waals surface area (Å²) in [4.78, 5) is 49.1. The van der Waals surface area contributed by atoms with Gasteiger partial charge in [-0.25, -0.2) is 9.59 Å². The van der Waals surface area contributed by atoms with Crippen LogP contribution in [0.3, 0.4) is 0 Å². The zero-order valence-corrected chi connectivity index (χ0v) is 13.7. The number of carboxylic acid groups (broad SMARTS) is 1. The van der Waals surface area contributed by atoms with Crippen LogP contribution < -0.4 is 10.6 Å². The van der Waals surface area contributed by atoms with Gasteiger partial charge in [0, 0.05) is 12.1 Å². The van der Waals surface area contributed by atoms with Gasteiger partial charge < -0.3 is 15.3 Å². The predicted octanol–water partition coefficient (Wildman–Crippen LogP) is 0.821. The summed E-state index contributed by atoms with van der Waals surface area (Å²) < 4.78 is 0. The maximum atomic E-state index is 12.8. The van der Waals surface area contributed by atoms with Gasteiger partial charge in [0.05, 0.1) is 0 Å². The van der Waals surface area contributed by atoms with Gasteiger partial charge in [-0.15, -0.1) is 0 Å². The van der Waals surface area contributed by atoms with E-state index in [4.69, 9.17) is 0 Å². The molecule has 2 atom stereocenters. The normalized spacial score (nSPS) is 26.1. The van der Waals surface area contributed by atoms with Gasteiger partial charge in [-0.3, -0.25) is 14.9 Å². The van der Waals surface area contributed by atoms with Crippen LogP contribution in [-0.2, 0) is 15.1 Å². The molecule has 8 nitrogen and oxygen atoms in total. The van der Waals surface area contributed by atoms with Crippen LogP contribution in [0.25, 0.3) is 0 Å². The highest BCUT2D eigenvalue weighted by Gasteiger charge is 2.43. The lowest BCUT2D eigenvalue weighted by Crippen LogP contribution is -2.48. The monoisotopic (exact) mass is 345 g/mol. The number of nitrogens with zero attached hydrogens (tertiary/aromatic N) is 1. The number of carboxylic acids is 1. The Kier molecular flexibility index (Phi) is 4.20. The topological polar surface area (TPSA) is 116 Å². The quantitative estimate of drug-likeness (QED) is 0.702. The van der Waals surface area contributed by atoms with Gasteiger partial charge in [0.2, 0.25) is 0 Å². The molecule has 0 aromatic heterocycles. The Balaban J connectivity index is 1.91. The molecular formula is C17H19N3O5. The third kappa shape index (κ3) is 2.95. The molecule has 2 aliphatic rings. The number of aliphatic carboxylic acids is 1. The lowest BCUT2D eigenvalue weighted by molar-refractivity contribution is -0.143. The van der Waals surface area contributed by atoms with Crippen molar-refractivity contribution in [1.29, 1.82) is 0 Å². The Hall–Kier alpha value is -2.90. The number of likely N-dealkylation sites (tertiary alicyclic amines) is 1. The molecule has 1 aromatic rings. The third-order valence-corrected chi connectivity index (χ3v) is 4.78. The minimum atomic E-state index is -1.26. The van der Waals surface area contributed by atoms with E-state index in [0.29, 0.717) is 24.1 Å². The highest BCUT2D eigenvalue weighted by molar-refractivity contribution is 6.07. The summed E-state index contributed by atoms with van der Waals surface area (Å²) in [7, 11) is 0. The van der Waals surface area contributed by atoms with Crippen molar-refractivity contribution in [2.75, 3.05) is 6.54 Å². The summed E-state index contributed by atoms with van der Waals surface area (Å²) in [6.45, 7) is 1.94. The van der Waals surface area contributed by atoms with Crippen LogP contribution in [0.1, 0.15) is 42.1 Å². The maximum absolute atomic E-state index is 12.8. The van der Waals surface area contributed by atoms with E-state index in [9.17, 15) is 24.3 Å². The molecule has 3 N–H and O–H groups in total. The first-order valence-corrected chi connectivity index (χ1v) is 8.11. The molecule has 8 heteroatoms. The lowest BCUT2D eigenvalue weighted by Gasteiger charge is -2.33. The predicted molar refractivity (Wildman–Crippen MR) is 86.8 cm³/mol. The second kappa shape index (κ2) is 6.19. The number of carbonyl (C=O) groups excluding carboxylic acids is 3. The smallest absolute Gasteiger partial charge is 0.326 e. The van der Waals surface area contributed by atoms with Gasteiger partial charge in [0.25, 0.3) is 11.8 Å². The molecule has 0 aliphatic carbocycles. The van der Waals surface area contributed by atoms with Crippen LogP contribution in [-0.4, -0.2) is 46.4 Å². The number of benzene rings is 1. The van der Waals surface area contributed by atoms with Crippen molar-refractivity contribution < 1.29 is 24.3 Å². The maximum Gasteiger partial charge on any atom is 0.326 e. The molecule has 2 aliphatic heterocycles. The van der Waals surface area contributed by atoms with E-state index in [1.165, 1.54) is 11.0 Å². The van der Waals surface area contributed by atoms with E-state index < -0.39 is 29.5 Å². The second-order valence-corrected chi connectivity index (χ2v) is 6.46. The Morgan fingerprint density at radius 3 is 2.68 bits per heavy atom. The summed E-state index contributed by atoms with van der Waals surface area (Å²) in [5.41, 5.74) is -0.506. The number of hydrogen-bond acceptors (Lipinski definition) is 4. The van der Waals surface area contributed by atoms with Crippen LogP contribution in [0, 0.1) is 0 Å². The fourth-order valence-electron chi connectivity index (χ4n) is 3.31. The van der Waals surface area contributed by atoms with E-state index in [1.54, 1.807) is 25.1 Å². The standard InChI is InChI=1S/C17H19N3O5/c1-17(15(24)18-16(25)19-17)11-6-4-5-10(9-11)13(21)20-8-3-2-7-12(20)14(22)23/h4-6,9,12H,2-3,7-8H2,1H3,(H,22,23)(H2,18,19,24,25). The average molecular weight is 345 g/mol. The number of carbonyl (C=O) groups is 4. The van der Waals surface area contributed by atoms with Gasteiger partial charge in [0.1, 0.15) is 11.6 Å². The molecular weight excluding hydrogens is 326 g/mol. The minimum absolute atomic E-state index is 0.292. The summed E-state index contributed by atoms with van der Waals surface area (Å²) in [5.74, 6) is -1.90. The Bertz CT molecular complexity index is 762. The molecule has 2 heterocycles. The van der Waals surface area contributed by atoms with E-state index >= 15 is 0 Å². The van der Waals surface area contributed by atoms with Crippen LogP contribution in [0.4, 0.5) is 4.79 Å². The van der Waals surface area contributed by atoms with Crippen LogP contribution in [0.5, 0.6) is 0 Å². The molecule has 25 heavy (non-hydrogen) atoms. The van der Waals surface area contributed by atoms with Gasteiger partial charge in [0.15, 0.2) is 0 Å². The summed E-state index contributed by atoms with van der Waals surface area (Å²) in [5, 5.41) is 14.1. The van der Waals surface area contributed by atoms with Crippen molar-refractivity contribution in [2.24, 2.45) is 0 Å². The number of urea groups is 1. The van der Waals surface area contributed by atoms with Crippen LogP contribution >= 0.6 is 0 Å². The molecule has 132 valence electrons.